The van der Waals surface area contributed by atoms with Crippen molar-refractivity contribution in [3.8, 4) is 0 Å². The van der Waals surface area contributed by atoms with Gasteiger partial charge in [-0.1, -0.05) is 49.4 Å². The average Bonchev–Trinajstić information content (AvgIpc) is 2.75. The van der Waals surface area contributed by atoms with Gasteiger partial charge in [-0.3, -0.25) is 14.5 Å². The van der Waals surface area contributed by atoms with Crippen LogP contribution in [0.5, 0.6) is 0 Å². The largest absolute Gasteiger partial charge is 0.369 e. The molecule has 1 fully saturated rings. The molecule has 3 atom stereocenters. The van der Waals surface area contributed by atoms with Crippen LogP contribution in [-0.2, 0) is 16.1 Å². The number of carbonyl (C=O) groups is 2. The van der Waals surface area contributed by atoms with Crippen LogP contribution in [-0.4, -0.2) is 29.8 Å². The molecule has 1 aliphatic rings. The van der Waals surface area contributed by atoms with Crippen LogP contribution >= 0.6 is 24.8 Å². The first-order chi connectivity index (χ1) is 13.9. The molecule has 0 saturated carbocycles. The molecule has 0 radical (unpaired) electrons. The number of nitrogens with one attached hydrogen (secondary N) is 1. The standard InChI is InChI=1S/C23H30N4O2.2ClH/c1-16(21(24)18-6-3-2-4-7-18)23(29)26-20-11-9-17(10-12-20)14-27-13-5-8-19(15-27)22(25)28;;/h2-4,6-7,9-12,16,19,21H,5,8,13-15,24H2,1H3,(H2,25,28)(H,26,29);2*1H. The van der Waals surface area contributed by atoms with Crippen LogP contribution < -0.4 is 16.8 Å². The van der Waals surface area contributed by atoms with Gasteiger partial charge in [0.15, 0.2) is 0 Å². The Balaban J connectivity index is 0.00000240. The Labute approximate surface area is 196 Å². The predicted molar refractivity (Wildman–Crippen MR) is 129 cm³/mol. The summed E-state index contributed by atoms with van der Waals surface area (Å²) in [5, 5.41) is 2.95. The lowest BCUT2D eigenvalue weighted by molar-refractivity contribution is -0.123. The lowest BCUT2D eigenvalue weighted by Gasteiger charge is -2.31. The highest BCUT2D eigenvalue weighted by Gasteiger charge is 2.24. The summed E-state index contributed by atoms with van der Waals surface area (Å²) in [6.07, 6.45) is 1.86. The van der Waals surface area contributed by atoms with Crippen molar-refractivity contribution in [2.24, 2.45) is 23.3 Å². The topological polar surface area (TPSA) is 101 Å². The Morgan fingerprint density at radius 2 is 1.74 bits per heavy atom. The van der Waals surface area contributed by atoms with E-state index in [4.69, 9.17) is 11.5 Å². The van der Waals surface area contributed by atoms with Crippen LogP contribution in [0.3, 0.4) is 0 Å². The second-order valence-corrected chi connectivity index (χ2v) is 7.89. The van der Waals surface area contributed by atoms with Gasteiger partial charge in [0.25, 0.3) is 0 Å². The van der Waals surface area contributed by atoms with Crippen LogP contribution in [0.25, 0.3) is 0 Å². The summed E-state index contributed by atoms with van der Waals surface area (Å²) in [6, 6.07) is 17.1. The van der Waals surface area contributed by atoms with E-state index in [1.165, 1.54) is 0 Å². The maximum Gasteiger partial charge on any atom is 0.229 e. The van der Waals surface area contributed by atoms with Crippen LogP contribution in [0.1, 0.15) is 36.9 Å². The maximum absolute atomic E-state index is 12.6. The molecule has 170 valence electrons. The van der Waals surface area contributed by atoms with E-state index in [1.54, 1.807) is 0 Å². The Bertz CT molecular complexity index is 833. The molecule has 2 aromatic rings. The van der Waals surface area contributed by atoms with E-state index < -0.39 is 0 Å². The first kappa shape index (κ1) is 26.9. The van der Waals surface area contributed by atoms with E-state index in [1.807, 2.05) is 61.5 Å². The summed E-state index contributed by atoms with van der Waals surface area (Å²) < 4.78 is 0. The first-order valence-corrected chi connectivity index (χ1v) is 10.2. The summed E-state index contributed by atoms with van der Waals surface area (Å²) in [6.45, 7) is 4.29. The maximum atomic E-state index is 12.6. The third-order valence-electron chi connectivity index (χ3n) is 5.67. The van der Waals surface area contributed by atoms with Crippen molar-refractivity contribution in [2.45, 2.75) is 32.4 Å². The molecule has 0 aliphatic carbocycles. The van der Waals surface area contributed by atoms with Crippen molar-refractivity contribution in [1.29, 1.82) is 0 Å². The molecular formula is C23H32Cl2N4O2. The van der Waals surface area contributed by atoms with Gasteiger partial charge in [-0.25, -0.2) is 0 Å². The van der Waals surface area contributed by atoms with Gasteiger partial charge in [0.2, 0.25) is 11.8 Å². The monoisotopic (exact) mass is 466 g/mol. The van der Waals surface area contributed by atoms with Crippen LogP contribution in [0.15, 0.2) is 54.6 Å². The number of hydrogen-bond acceptors (Lipinski definition) is 4. The van der Waals surface area contributed by atoms with Gasteiger partial charge in [-0.15, -0.1) is 24.8 Å². The van der Waals surface area contributed by atoms with Crippen LogP contribution in [0, 0.1) is 11.8 Å². The van der Waals surface area contributed by atoms with Crippen molar-refractivity contribution < 1.29 is 9.59 Å². The molecule has 0 spiro atoms. The smallest absolute Gasteiger partial charge is 0.229 e. The number of nitrogens with two attached hydrogens (primary N) is 2. The summed E-state index contributed by atoms with van der Waals surface area (Å²) >= 11 is 0. The Kier molecular flexibility index (Phi) is 11.0. The number of hydrogen-bond donors (Lipinski definition) is 3. The summed E-state index contributed by atoms with van der Waals surface area (Å²) in [5.41, 5.74) is 14.5. The van der Waals surface area contributed by atoms with E-state index in [2.05, 4.69) is 10.2 Å². The molecule has 2 aromatic carbocycles. The molecule has 31 heavy (non-hydrogen) atoms. The lowest BCUT2D eigenvalue weighted by atomic mass is 9.94. The molecule has 1 saturated heterocycles. The fourth-order valence-corrected chi connectivity index (χ4v) is 3.77. The number of anilines is 1. The van der Waals surface area contributed by atoms with Gasteiger partial charge < -0.3 is 16.8 Å². The SMILES string of the molecule is CC(C(=O)Nc1ccc(CN2CCCC(C(N)=O)C2)cc1)C(N)c1ccccc1.Cl.Cl. The molecule has 0 bridgehead atoms. The van der Waals surface area contributed by atoms with E-state index in [0.717, 1.165) is 42.7 Å². The number of benzene rings is 2. The highest BCUT2D eigenvalue weighted by molar-refractivity contribution is 5.92. The van der Waals surface area contributed by atoms with Crippen LogP contribution in [0.2, 0.25) is 0 Å². The highest BCUT2D eigenvalue weighted by Crippen LogP contribution is 2.22. The van der Waals surface area contributed by atoms with Crippen LogP contribution in [0.4, 0.5) is 5.69 Å². The zero-order chi connectivity index (χ0) is 20.8. The minimum absolute atomic E-state index is 0. The normalized spacial score (nSPS) is 18.1. The number of carbonyl (C=O) groups excluding carboxylic acids is 2. The molecule has 0 aromatic heterocycles. The van der Waals surface area contributed by atoms with Gasteiger partial charge in [0.05, 0.1) is 11.8 Å². The van der Waals surface area contributed by atoms with Gasteiger partial charge >= 0.3 is 0 Å². The molecule has 2 amide bonds. The minimum atomic E-state index is -0.354. The summed E-state index contributed by atoms with van der Waals surface area (Å²) in [5.74, 6) is -0.723. The molecule has 3 unspecified atom stereocenters. The number of amides is 2. The number of primary amides is 1. The first-order valence-electron chi connectivity index (χ1n) is 10.2. The van der Waals surface area contributed by atoms with Crippen molar-refractivity contribution >= 4 is 42.3 Å². The van der Waals surface area contributed by atoms with Gasteiger partial charge in [0, 0.05) is 24.8 Å². The number of nitrogens with zero attached hydrogens (tertiary/aromatic N) is 1. The molecular weight excluding hydrogens is 435 g/mol. The summed E-state index contributed by atoms with van der Waals surface area (Å²) in [7, 11) is 0. The third kappa shape index (κ3) is 7.51. The molecule has 8 heteroatoms. The highest BCUT2D eigenvalue weighted by atomic mass is 35.5. The fourth-order valence-electron chi connectivity index (χ4n) is 3.77. The minimum Gasteiger partial charge on any atom is -0.369 e. The van der Waals surface area contributed by atoms with Gasteiger partial charge in [-0.2, -0.15) is 0 Å². The van der Waals surface area contributed by atoms with Gasteiger partial charge in [-0.05, 0) is 42.6 Å². The van der Waals surface area contributed by atoms with Crippen molar-refractivity contribution in [2.75, 3.05) is 18.4 Å². The van der Waals surface area contributed by atoms with Crippen molar-refractivity contribution in [1.82, 2.24) is 4.90 Å². The average molecular weight is 467 g/mol. The quantitative estimate of drug-likeness (QED) is 0.580. The zero-order valence-electron chi connectivity index (χ0n) is 17.7. The van der Waals surface area contributed by atoms with Crippen molar-refractivity contribution in [3.05, 3.63) is 65.7 Å². The van der Waals surface area contributed by atoms with Crippen molar-refractivity contribution in [3.63, 3.8) is 0 Å². The second-order valence-electron chi connectivity index (χ2n) is 7.89. The van der Waals surface area contributed by atoms with E-state index in [-0.39, 0.29) is 54.5 Å². The molecule has 5 N–H and O–H groups in total. The van der Waals surface area contributed by atoms with Gasteiger partial charge in [0.1, 0.15) is 0 Å². The number of halogens is 2. The summed E-state index contributed by atoms with van der Waals surface area (Å²) in [4.78, 5) is 26.3. The third-order valence-corrected chi connectivity index (χ3v) is 5.67. The second kappa shape index (κ2) is 12.7. The molecule has 3 rings (SSSR count). The Morgan fingerprint density at radius 1 is 1.10 bits per heavy atom. The number of piperidine rings is 1. The van der Waals surface area contributed by atoms with E-state index in [9.17, 15) is 9.59 Å². The Morgan fingerprint density at radius 3 is 2.35 bits per heavy atom. The lowest BCUT2D eigenvalue weighted by Crippen LogP contribution is -2.40. The van der Waals surface area contributed by atoms with E-state index >= 15 is 0 Å². The fraction of sp³-hybridized carbons (Fsp3) is 0.391. The number of rotatable bonds is 7. The molecule has 1 aliphatic heterocycles. The van der Waals surface area contributed by atoms with E-state index in [0.29, 0.717) is 6.54 Å². The zero-order valence-corrected chi connectivity index (χ0v) is 19.3. The molecule has 6 nitrogen and oxygen atoms in total. The molecule has 1 heterocycles. The predicted octanol–water partition coefficient (Wildman–Crippen LogP) is 3.50. The Hall–Kier alpha value is -2.12. The number of likely N-dealkylation sites (tertiary alicyclic amines) is 1.